The van der Waals surface area contributed by atoms with E-state index in [1.54, 1.807) is 6.20 Å². The Balaban J connectivity index is 2.23. The minimum atomic E-state index is -0.443. The van der Waals surface area contributed by atoms with Gasteiger partial charge in [0.15, 0.2) is 0 Å². The van der Waals surface area contributed by atoms with E-state index in [1.807, 2.05) is 19.1 Å². The molecule has 2 rings (SSSR count). The third-order valence-corrected chi connectivity index (χ3v) is 3.47. The number of aromatic nitrogens is 1. The van der Waals surface area contributed by atoms with E-state index < -0.39 is 5.41 Å². The quantitative estimate of drug-likeness (QED) is 0.784. The first-order valence-corrected chi connectivity index (χ1v) is 5.75. The Morgan fingerprint density at radius 2 is 2.41 bits per heavy atom. The lowest BCUT2D eigenvalue weighted by molar-refractivity contribution is -0.125. The topological polar surface area (TPSA) is 85.2 Å². The number of anilines is 1. The number of rotatable bonds is 3. The molecular formula is C12H18N4O. The van der Waals surface area contributed by atoms with Crippen LogP contribution < -0.4 is 16.4 Å². The van der Waals surface area contributed by atoms with Crippen molar-refractivity contribution in [2.75, 3.05) is 18.0 Å². The van der Waals surface area contributed by atoms with Crippen LogP contribution in [0.15, 0.2) is 18.3 Å². The molecule has 0 bridgehead atoms. The average Bonchev–Trinajstić information content (AvgIpc) is 2.73. The predicted molar refractivity (Wildman–Crippen MR) is 66.3 cm³/mol. The lowest BCUT2D eigenvalue weighted by Crippen LogP contribution is -2.37. The van der Waals surface area contributed by atoms with Crippen LogP contribution in [0.25, 0.3) is 0 Å². The molecule has 4 N–H and O–H groups in total. The number of primary amides is 1. The summed E-state index contributed by atoms with van der Waals surface area (Å²) in [6.07, 6.45) is 2.51. The van der Waals surface area contributed by atoms with Crippen molar-refractivity contribution in [3.05, 3.63) is 24.0 Å². The van der Waals surface area contributed by atoms with Crippen LogP contribution in [-0.2, 0) is 11.3 Å². The normalized spacial score (nSPS) is 24.0. The molecule has 1 unspecified atom stereocenters. The van der Waals surface area contributed by atoms with Gasteiger partial charge < -0.3 is 16.4 Å². The van der Waals surface area contributed by atoms with Gasteiger partial charge in [-0.05, 0) is 25.5 Å². The first-order chi connectivity index (χ1) is 8.07. The van der Waals surface area contributed by atoms with Crippen molar-refractivity contribution in [2.24, 2.45) is 16.9 Å². The van der Waals surface area contributed by atoms with E-state index in [0.717, 1.165) is 24.3 Å². The second-order valence-electron chi connectivity index (χ2n) is 4.77. The summed E-state index contributed by atoms with van der Waals surface area (Å²) in [5.41, 5.74) is 12.5. The van der Waals surface area contributed by atoms with Gasteiger partial charge in [0.1, 0.15) is 0 Å². The molecule has 5 nitrogen and oxygen atoms in total. The van der Waals surface area contributed by atoms with Gasteiger partial charge in [0.2, 0.25) is 5.91 Å². The number of amides is 1. The molecule has 2 heterocycles. The van der Waals surface area contributed by atoms with E-state index in [1.165, 1.54) is 0 Å². The molecule has 1 amide bonds. The second kappa shape index (κ2) is 4.33. The van der Waals surface area contributed by atoms with Crippen LogP contribution in [-0.4, -0.2) is 24.0 Å². The number of nitrogens with zero attached hydrogens (tertiary/aromatic N) is 2. The van der Waals surface area contributed by atoms with Gasteiger partial charge in [-0.15, -0.1) is 0 Å². The van der Waals surface area contributed by atoms with Crippen LogP contribution in [0.4, 0.5) is 5.69 Å². The van der Waals surface area contributed by atoms with Crippen molar-refractivity contribution >= 4 is 11.6 Å². The summed E-state index contributed by atoms with van der Waals surface area (Å²) in [6.45, 7) is 3.77. The minimum absolute atomic E-state index is 0.238. The fourth-order valence-corrected chi connectivity index (χ4v) is 2.24. The summed E-state index contributed by atoms with van der Waals surface area (Å²) >= 11 is 0. The van der Waals surface area contributed by atoms with E-state index in [4.69, 9.17) is 11.5 Å². The van der Waals surface area contributed by atoms with Crippen molar-refractivity contribution in [1.29, 1.82) is 0 Å². The van der Waals surface area contributed by atoms with Crippen molar-refractivity contribution in [2.45, 2.75) is 19.9 Å². The zero-order valence-electron chi connectivity index (χ0n) is 10.0. The van der Waals surface area contributed by atoms with E-state index >= 15 is 0 Å². The molecule has 1 saturated heterocycles. The molecule has 1 fully saturated rings. The van der Waals surface area contributed by atoms with Crippen LogP contribution in [0, 0.1) is 5.41 Å². The van der Waals surface area contributed by atoms with Gasteiger partial charge in [-0.3, -0.25) is 9.78 Å². The molecular weight excluding hydrogens is 216 g/mol. The Kier molecular flexibility index (Phi) is 3.02. The summed E-state index contributed by atoms with van der Waals surface area (Å²) in [5, 5.41) is 0. The Morgan fingerprint density at radius 3 is 3.00 bits per heavy atom. The number of hydrogen-bond acceptors (Lipinski definition) is 4. The summed E-state index contributed by atoms with van der Waals surface area (Å²) in [5.74, 6) is -0.238. The molecule has 92 valence electrons. The Morgan fingerprint density at radius 1 is 1.65 bits per heavy atom. The molecule has 0 aliphatic carbocycles. The van der Waals surface area contributed by atoms with Crippen LogP contribution in [0.5, 0.6) is 0 Å². The van der Waals surface area contributed by atoms with E-state index in [-0.39, 0.29) is 5.91 Å². The fourth-order valence-electron chi connectivity index (χ4n) is 2.24. The molecule has 5 heteroatoms. The summed E-state index contributed by atoms with van der Waals surface area (Å²) in [4.78, 5) is 17.8. The highest BCUT2D eigenvalue weighted by Crippen LogP contribution is 2.33. The summed E-state index contributed by atoms with van der Waals surface area (Å²) < 4.78 is 0. The fraction of sp³-hybridized carbons (Fsp3) is 0.500. The van der Waals surface area contributed by atoms with Crippen LogP contribution >= 0.6 is 0 Å². The van der Waals surface area contributed by atoms with Gasteiger partial charge in [0, 0.05) is 25.8 Å². The largest absolute Gasteiger partial charge is 0.369 e. The Hall–Kier alpha value is -1.62. The molecule has 0 spiro atoms. The van der Waals surface area contributed by atoms with Crippen molar-refractivity contribution in [3.8, 4) is 0 Å². The molecule has 0 saturated carbocycles. The Bertz CT molecular complexity index is 434. The van der Waals surface area contributed by atoms with Crippen molar-refractivity contribution in [3.63, 3.8) is 0 Å². The van der Waals surface area contributed by atoms with E-state index in [9.17, 15) is 4.79 Å². The van der Waals surface area contributed by atoms with E-state index in [0.29, 0.717) is 13.1 Å². The smallest absolute Gasteiger partial charge is 0.225 e. The molecule has 0 aromatic carbocycles. The molecule has 1 aliphatic heterocycles. The van der Waals surface area contributed by atoms with Crippen LogP contribution in [0.2, 0.25) is 0 Å². The molecule has 17 heavy (non-hydrogen) atoms. The number of carbonyl (C=O) groups is 1. The third kappa shape index (κ3) is 2.10. The monoisotopic (exact) mass is 234 g/mol. The van der Waals surface area contributed by atoms with Gasteiger partial charge in [-0.1, -0.05) is 0 Å². The standard InChI is InChI=1S/C12H18N4O/c1-12(11(14)17)4-6-16(8-12)10-3-2-5-15-9(10)7-13/h2-3,5H,4,6-8,13H2,1H3,(H2,14,17). The maximum atomic E-state index is 11.4. The van der Waals surface area contributed by atoms with Gasteiger partial charge in [0.05, 0.1) is 16.8 Å². The maximum Gasteiger partial charge on any atom is 0.225 e. The number of hydrogen-bond donors (Lipinski definition) is 2. The first-order valence-electron chi connectivity index (χ1n) is 5.75. The second-order valence-corrected chi connectivity index (χ2v) is 4.77. The highest BCUT2D eigenvalue weighted by Gasteiger charge is 2.39. The molecule has 1 aliphatic rings. The van der Waals surface area contributed by atoms with Gasteiger partial charge in [0.25, 0.3) is 0 Å². The summed E-state index contributed by atoms with van der Waals surface area (Å²) in [6, 6.07) is 3.87. The van der Waals surface area contributed by atoms with E-state index in [2.05, 4.69) is 9.88 Å². The molecule has 1 atom stereocenters. The van der Waals surface area contributed by atoms with Crippen LogP contribution in [0.1, 0.15) is 19.0 Å². The highest BCUT2D eigenvalue weighted by atomic mass is 16.1. The van der Waals surface area contributed by atoms with Crippen molar-refractivity contribution in [1.82, 2.24) is 4.98 Å². The SMILES string of the molecule is CC1(C(N)=O)CCN(c2cccnc2CN)C1. The predicted octanol–water partition coefficient (Wildman–Crippen LogP) is 0.242. The van der Waals surface area contributed by atoms with Crippen LogP contribution in [0.3, 0.4) is 0 Å². The zero-order chi connectivity index (χ0) is 12.5. The van der Waals surface area contributed by atoms with Gasteiger partial charge in [-0.2, -0.15) is 0 Å². The third-order valence-electron chi connectivity index (χ3n) is 3.47. The van der Waals surface area contributed by atoms with Gasteiger partial charge in [-0.25, -0.2) is 0 Å². The number of carbonyl (C=O) groups excluding carboxylic acids is 1. The van der Waals surface area contributed by atoms with Gasteiger partial charge >= 0.3 is 0 Å². The molecule has 1 aromatic rings. The maximum absolute atomic E-state index is 11.4. The first kappa shape index (κ1) is 11.9. The average molecular weight is 234 g/mol. The number of nitrogens with two attached hydrogens (primary N) is 2. The Labute approximate surface area is 101 Å². The molecule has 0 radical (unpaired) electrons. The zero-order valence-corrected chi connectivity index (χ0v) is 10.0. The molecule has 1 aromatic heterocycles. The van der Waals surface area contributed by atoms with Crippen molar-refractivity contribution < 1.29 is 4.79 Å². The lowest BCUT2D eigenvalue weighted by Gasteiger charge is -2.23. The lowest BCUT2D eigenvalue weighted by atomic mass is 9.89. The summed E-state index contributed by atoms with van der Waals surface area (Å²) in [7, 11) is 0. The highest BCUT2D eigenvalue weighted by molar-refractivity contribution is 5.82. The number of pyridine rings is 1. The minimum Gasteiger partial charge on any atom is -0.369 e.